The van der Waals surface area contributed by atoms with Crippen molar-refractivity contribution in [2.24, 2.45) is 0 Å². The van der Waals surface area contributed by atoms with Crippen LogP contribution in [0.4, 0.5) is 0 Å². The van der Waals surface area contributed by atoms with Crippen LogP contribution in [0.1, 0.15) is 25.3 Å². The van der Waals surface area contributed by atoms with Crippen LogP contribution in [-0.4, -0.2) is 34.9 Å². The highest BCUT2D eigenvalue weighted by Gasteiger charge is 2.31. The van der Waals surface area contributed by atoms with Gasteiger partial charge >= 0.3 is 0 Å². The first-order chi connectivity index (χ1) is 10.3. The Morgan fingerprint density at radius 3 is 3.05 bits per heavy atom. The Morgan fingerprint density at radius 1 is 1.33 bits per heavy atom. The van der Waals surface area contributed by atoms with Crippen molar-refractivity contribution < 1.29 is 4.79 Å². The molecule has 1 amide bonds. The number of nitrogens with one attached hydrogen (secondary N) is 1. The topological polar surface area (TPSA) is 45.2 Å². The minimum absolute atomic E-state index is 0.00659. The Balaban J connectivity index is 1.76. The lowest BCUT2D eigenvalue weighted by Gasteiger charge is -2.18. The number of benzene rings is 1. The second-order valence-electron chi connectivity index (χ2n) is 5.55. The van der Waals surface area contributed by atoms with Crippen LogP contribution in [0, 0.1) is 0 Å². The molecule has 0 radical (unpaired) electrons. The summed E-state index contributed by atoms with van der Waals surface area (Å²) >= 11 is 0. The molecule has 1 aromatic carbocycles. The Labute approximate surface area is 125 Å². The summed E-state index contributed by atoms with van der Waals surface area (Å²) in [6, 6.07) is 10.2. The van der Waals surface area contributed by atoms with E-state index in [-0.39, 0.29) is 11.9 Å². The lowest BCUT2D eigenvalue weighted by atomic mass is 10.1. The summed E-state index contributed by atoms with van der Waals surface area (Å²) in [5.41, 5.74) is 2.12. The van der Waals surface area contributed by atoms with Crippen LogP contribution >= 0.6 is 0 Å². The summed E-state index contributed by atoms with van der Waals surface area (Å²) in [5, 5.41) is 4.45. The Morgan fingerprint density at radius 2 is 2.19 bits per heavy atom. The van der Waals surface area contributed by atoms with Crippen molar-refractivity contribution in [3.63, 3.8) is 0 Å². The highest BCUT2D eigenvalue weighted by atomic mass is 16.2. The van der Waals surface area contributed by atoms with Crippen LogP contribution in [-0.2, 0) is 11.3 Å². The number of amides is 1. The van der Waals surface area contributed by atoms with Gasteiger partial charge in [0.05, 0.1) is 11.6 Å². The fraction of sp³-hybridized carbons (Fsp3) is 0.412. The van der Waals surface area contributed by atoms with Crippen molar-refractivity contribution in [3.05, 3.63) is 42.1 Å². The number of pyridine rings is 1. The summed E-state index contributed by atoms with van der Waals surface area (Å²) in [5.74, 6) is 0.219. The van der Waals surface area contributed by atoms with E-state index in [2.05, 4.69) is 35.4 Å². The number of para-hydroxylation sites is 1. The van der Waals surface area contributed by atoms with Crippen LogP contribution in [0.15, 0.2) is 36.5 Å². The molecule has 21 heavy (non-hydrogen) atoms. The summed E-state index contributed by atoms with van der Waals surface area (Å²) in [6.45, 7) is 4.49. The van der Waals surface area contributed by atoms with Crippen LogP contribution in [0.25, 0.3) is 10.9 Å². The second-order valence-corrected chi connectivity index (χ2v) is 5.55. The second kappa shape index (κ2) is 6.22. The van der Waals surface area contributed by atoms with E-state index >= 15 is 0 Å². The molecule has 1 N–H and O–H groups in total. The van der Waals surface area contributed by atoms with Crippen molar-refractivity contribution in [1.82, 2.24) is 15.2 Å². The van der Waals surface area contributed by atoms with Gasteiger partial charge in [-0.05, 0) is 31.0 Å². The average Bonchev–Trinajstić information content (AvgIpc) is 2.86. The van der Waals surface area contributed by atoms with Gasteiger partial charge in [-0.3, -0.25) is 9.78 Å². The van der Waals surface area contributed by atoms with E-state index in [1.54, 1.807) is 0 Å². The number of hydrogen-bond donors (Lipinski definition) is 1. The minimum Gasteiger partial charge on any atom is -0.337 e. The molecule has 0 bridgehead atoms. The molecular formula is C17H21N3O. The van der Waals surface area contributed by atoms with Crippen LogP contribution < -0.4 is 5.32 Å². The molecule has 1 aromatic heterocycles. The highest BCUT2D eigenvalue weighted by molar-refractivity contribution is 5.85. The Kier molecular flexibility index (Phi) is 4.15. The molecule has 2 aromatic rings. The van der Waals surface area contributed by atoms with Gasteiger partial charge in [-0.1, -0.05) is 31.2 Å². The zero-order valence-corrected chi connectivity index (χ0v) is 12.4. The SMILES string of the molecule is CCCNC1CCN(Cc2cccc3cccnc23)C1=O. The molecule has 1 saturated heterocycles. The number of carbonyl (C=O) groups excluding carboxylic acids is 1. The smallest absolute Gasteiger partial charge is 0.240 e. The zero-order chi connectivity index (χ0) is 14.7. The third-order valence-electron chi connectivity index (χ3n) is 4.02. The summed E-state index contributed by atoms with van der Waals surface area (Å²) in [7, 11) is 0. The molecule has 110 valence electrons. The van der Waals surface area contributed by atoms with E-state index in [9.17, 15) is 4.79 Å². The van der Waals surface area contributed by atoms with Crippen molar-refractivity contribution in [3.8, 4) is 0 Å². The number of hydrogen-bond acceptors (Lipinski definition) is 3. The number of rotatable bonds is 5. The summed E-state index contributed by atoms with van der Waals surface area (Å²) in [4.78, 5) is 18.8. The zero-order valence-electron chi connectivity index (χ0n) is 12.4. The molecule has 0 spiro atoms. The molecule has 0 aliphatic carbocycles. The predicted molar refractivity (Wildman–Crippen MR) is 83.9 cm³/mol. The van der Waals surface area contributed by atoms with Gasteiger partial charge in [-0.25, -0.2) is 0 Å². The third kappa shape index (κ3) is 2.90. The molecule has 3 rings (SSSR count). The summed E-state index contributed by atoms with van der Waals surface area (Å²) < 4.78 is 0. The molecule has 2 heterocycles. The molecule has 4 nitrogen and oxygen atoms in total. The number of nitrogens with zero attached hydrogens (tertiary/aromatic N) is 2. The first kappa shape index (κ1) is 14.0. The lowest BCUT2D eigenvalue weighted by molar-refractivity contribution is -0.129. The molecule has 1 aliphatic rings. The largest absolute Gasteiger partial charge is 0.337 e. The van der Waals surface area contributed by atoms with Gasteiger partial charge < -0.3 is 10.2 Å². The van der Waals surface area contributed by atoms with E-state index < -0.39 is 0 Å². The van der Waals surface area contributed by atoms with Gasteiger partial charge in [-0.2, -0.15) is 0 Å². The molecule has 0 saturated carbocycles. The Hall–Kier alpha value is -1.94. The molecular weight excluding hydrogens is 262 g/mol. The van der Waals surface area contributed by atoms with E-state index in [1.807, 2.05) is 23.2 Å². The maximum Gasteiger partial charge on any atom is 0.240 e. The van der Waals surface area contributed by atoms with Crippen molar-refractivity contribution in [1.29, 1.82) is 0 Å². The van der Waals surface area contributed by atoms with E-state index in [4.69, 9.17) is 0 Å². The average molecular weight is 283 g/mol. The molecule has 1 unspecified atom stereocenters. The molecule has 1 atom stereocenters. The fourth-order valence-electron chi connectivity index (χ4n) is 2.90. The lowest BCUT2D eigenvalue weighted by Crippen LogP contribution is -2.38. The Bertz CT molecular complexity index is 635. The number of likely N-dealkylation sites (tertiary alicyclic amines) is 1. The standard InChI is InChI=1S/C17H21N3O/c1-2-9-18-15-8-11-20(17(15)21)12-14-6-3-5-13-7-4-10-19-16(13)14/h3-7,10,15,18H,2,8-9,11-12H2,1H3. The first-order valence-corrected chi connectivity index (χ1v) is 7.64. The highest BCUT2D eigenvalue weighted by Crippen LogP contribution is 2.20. The maximum absolute atomic E-state index is 12.4. The van der Waals surface area contributed by atoms with Crippen LogP contribution in [0.2, 0.25) is 0 Å². The van der Waals surface area contributed by atoms with Crippen molar-refractivity contribution >= 4 is 16.8 Å². The molecule has 4 heteroatoms. The number of fused-ring (bicyclic) bond motifs is 1. The third-order valence-corrected chi connectivity index (χ3v) is 4.02. The first-order valence-electron chi connectivity index (χ1n) is 7.64. The maximum atomic E-state index is 12.4. The normalized spacial score (nSPS) is 18.6. The fourth-order valence-corrected chi connectivity index (χ4v) is 2.90. The summed E-state index contributed by atoms with van der Waals surface area (Å²) in [6.07, 6.45) is 3.76. The van der Waals surface area contributed by atoms with Crippen molar-refractivity contribution in [2.45, 2.75) is 32.4 Å². The predicted octanol–water partition coefficient (Wildman–Crippen LogP) is 2.34. The number of carbonyl (C=O) groups is 1. The van der Waals surface area contributed by atoms with E-state index in [0.29, 0.717) is 6.54 Å². The molecule has 1 aliphatic heterocycles. The van der Waals surface area contributed by atoms with Gasteiger partial charge in [-0.15, -0.1) is 0 Å². The monoisotopic (exact) mass is 283 g/mol. The van der Waals surface area contributed by atoms with Crippen LogP contribution in [0.5, 0.6) is 0 Å². The van der Waals surface area contributed by atoms with Crippen molar-refractivity contribution in [2.75, 3.05) is 13.1 Å². The minimum atomic E-state index is -0.00659. The van der Waals surface area contributed by atoms with E-state index in [0.717, 1.165) is 42.4 Å². The van der Waals surface area contributed by atoms with Crippen LogP contribution in [0.3, 0.4) is 0 Å². The number of aromatic nitrogens is 1. The van der Waals surface area contributed by atoms with Gasteiger partial charge in [0, 0.05) is 24.7 Å². The van der Waals surface area contributed by atoms with Gasteiger partial charge in [0.25, 0.3) is 0 Å². The van der Waals surface area contributed by atoms with Gasteiger partial charge in [0.1, 0.15) is 0 Å². The van der Waals surface area contributed by atoms with Gasteiger partial charge in [0.2, 0.25) is 5.91 Å². The molecule has 1 fully saturated rings. The van der Waals surface area contributed by atoms with E-state index in [1.165, 1.54) is 0 Å². The quantitative estimate of drug-likeness (QED) is 0.916. The van der Waals surface area contributed by atoms with Gasteiger partial charge in [0.15, 0.2) is 0 Å².